The van der Waals surface area contributed by atoms with E-state index in [1.807, 2.05) is 30.3 Å². The Hall–Kier alpha value is -2.50. The Kier molecular flexibility index (Phi) is 5.20. The number of carbonyl (C=O) groups excluding carboxylic acids is 1. The summed E-state index contributed by atoms with van der Waals surface area (Å²) in [7, 11) is 1.62. The van der Waals surface area contributed by atoms with Crippen molar-refractivity contribution in [1.29, 1.82) is 0 Å². The van der Waals surface area contributed by atoms with Crippen LogP contribution in [0, 0.1) is 0 Å². The second-order valence-electron chi connectivity index (χ2n) is 4.31. The quantitative estimate of drug-likeness (QED) is 0.885. The van der Waals surface area contributed by atoms with Crippen LogP contribution >= 0.6 is 0 Å². The van der Waals surface area contributed by atoms with Crippen LogP contribution in [0.25, 0.3) is 11.3 Å². The molecule has 1 amide bonds. The highest BCUT2D eigenvalue weighted by Gasteiger charge is 2.08. The molecule has 0 radical (unpaired) electrons. The maximum atomic E-state index is 11.1. The first-order valence-corrected chi connectivity index (χ1v) is 6.73. The summed E-state index contributed by atoms with van der Waals surface area (Å²) in [6.45, 7) is 2.57. The fourth-order valence-corrected chi connectivity index (χ4v) is 1.82. The van der Waals surface area contributed by atoms with Gasteiger partial charge in [-0.15, -0.1) is 0 Å². The Morgan fingerprint density at radius 1 is 1.38 bits per heavy atom. The molecule has 1 N–H and O–H groups in total. The smallest absolute Gasteiger partial charge is 0.407 e. The molecule has 0 atom stereocenters. The van der Waals surface area contributed by atoms with E-state index in [2.05, 4.69) is 10.5 Å². The van der Waals surface area contributed by atoms with E-state index in [0.717, 1.165) is 17.0 Å². The van der Waals surface area contributed by atoms with Crippen LogP contribution in [0.15, 0.2) is 34.9 Å². The topological polar surface area (TPSA) is 73.6 Å². The van der Waals surface area contributed by atoms with E-state index < -0.39 is 6.09 Å². The van der Waals surface area contributed by atoms with Crippen molar-refractivity contribution >= 4 is 6.09 Å². The Labute approximate surface area is 123 Å². The summed E-state index contributed by atoms with van der Waals surface area (Å²) < 4.78 is 15.3. The molecule has 0 saturated carbocycles. The number of alkyl carbamates (subject to hydrolysis) is 1. The first-order chi connectivity index (χ1) is 10.2. The fraction of sp³-hybridized carbons (Fsp3) is 0.333. The van der Waals surface area contributed by atoms with Gasteiger partial charge in [0.15, 0.2) is 5.76 Å². The van der Waals surface area contributed by atoms with Gasteiger partial charge in [-0.25, -0.2) is 4.79 Å². The zero-order chi connectivity index (χ0) is 15.1. The van der Waals surface area contributed by atoms with Gasteiger partial charge < -0.3 is 19.3 Å². The predicted octanol–water partition coefficient (Wildman–Crippen LogP) is 2.64. The monoisotopic (exact) mass is 290 g/mol. The summed E-state index contributed by atoms with van der Waals surface area (Å²) in [5.41, 5.74) is 1.66. The largest absolute Gasteiger partial charge is 0.497 e. The van der Waals surface area contributed by atoms with Crippen LogP contribution in [-0.4, -0.2) is 31.5 Å². The third-order valence-corrected chi connectivity index (χ3v) is 2.84. The van der Waals surface area contributed by atoms with Crippen LogP contribution in [0.3, 0.4) is 0 Å². The number of hydrogen-bond donors (Lipinski definition) is 1. The van der Waals surface area contributed by atoms with Gasteiger partial charge in [-0.05, 0) is 19.1 Å². The van der Waals surface area contributed by atoms with Crippen molar-refractivity contribution < 1.29 is 18.8 Å². The van der Waals surface area contributed by atoms with Crippen LogP contribution in [0.4, 0.5) is 4.79 Å². The van der Waals surface area contributed by atoms with Gasteiger partial charge in [-0.2, -0.15) is 0 Å². The van der Waals surface area contributed by atoms with E-state index >= 15 is 0 Å². The zero-order valence-corrected chi connectivity index (χ0v) is 12.1. The van der Waals surface area contributed by atoms with Gasteiger partial charge in [0.25, 0.3) is 0 Å². The van der Waals surface area contributed by atoms with Crippen LogP contribution in [0.5, 0.6) is 5.75 Å². The molecule has 2 aromatic rings. The van der Waals surface area contributed by atoms with E-state index in [4.69, 9.17) is 14.0 Å². The lowest BCUT2D eigenvalue weighted by atomic mass is 10.1. The molecular formula is C15H18N2O4. The van der Waals surface area contributed by atoms with Crippen molar-refractivity contribution in [2.24, 2.45) is 0 Å². The average Bonchev–Trinajstić information content (AvgIpc) is 2.96. The molecule has 0 saturated heterocycles. The molecule has 0 aliphatic carbocycles. The van der Waals surface area contributed by atoms with E-state index in [1.54, 1.807) is 14.0 Å². The summed E-state index contributed by atoms with van der Waals surface area (Å²) >= 11 is 0. The molecule has 21 heavy (non-hydrogen) atoms. The minimum Gasteiger partial charge on any atom is -0.497 e. The van der Waals surface area contributed by atoms with E-state index in [9.17, 15) is 4.79 Å². The van der Waals surface area contributed by atoms with Gasteiger partial charge in [0.05, 0.1) is 19.4 Å². The Morgan fingerprint density at radius 2 is 2.24 bits per heavy atom. The summed E-state index contributed by atoms with van der Waals surface area (Å²) in [5, 5.41) is 6.62. The molecule has 0 spiro atoms. The predicted molar refractivity (Wildman–Crippen MR) is 77.2 cm³/mol. The molecule has 6 nitrogen and oxygen atoms in total. The number of amides is 1. The van der Waals surface area contributed by atoms with E-state index in [0.29, 0.717) is 25.3 Å². The molecule has 0 fully saturated rings. The average molecular weight is 290 g/mol. The molecule has 1 heterocycles. The standard InChI is InChI=1S/C15H18N2O4/c1-3-20-15(18)16-8-7-12-10-14(21-17-12)11-5-4-6-13(9-11)19-2/h4-6,9-10H,3,7-8H2,1-2H3,(H,16,18). The van der Waals surface area contributed by atoms with Crippen molar-refractivity contribution in [2.45, 2.75) is 13.3 Å². The molecule has 6 heteroatoms. The number of ether oxygens (including phenoxy) is 2. The van der Waals surface area contributed by atoms with Crippen molar-refractivity contribution in [3.8, 4) is 17.1 Å². The van der Waals surface area contributed by atoms with Gasteiger partial charge >= 0.3 is 6.09 Å². The number of carbonyl (C=O) groups is 1. The first-order valence-electron chi connectivity index (χ1n) is 6.73. The highest BCUT2D eigenvalue weighted by Crippen LogP contribution is 2.24. The third kappa shape index (κ3) is 4.24. The van der Waals surface area contributed by atoms with Crippen molar-refractivity contribution in [3.63, 3.8) is 0 Å². The highest BCUT2D eigenvalue weighted by molar-refractivity contribution is 5.67. The second kappa shape index (κ2) is 7.33. The molecule has 0 bridgehead atoms. The number of methoxy groups -OCH3 is 1. The highest BCUT2D eigenvalue weighted by atomic mass is 16.5. The summed E-state index contributed by atoms with van der Waals surface area (Å²) in [4.78, 5) is 11.1. The third-order valence-electron chi connectivity index (χ3n) is 2.84. The molecule has 1 aromatic carbocycles. The Morgan fingerprint density at radius 3 is 3.00 bits per heavy atom. The van der Waals surface area contributed by atoms with Crippen LogP contribution < -0.4 is 10.1 Å². The van der Waals surface area contributed by atoms with Crippen molar-refractivity contribution in [3.05, 3.63) is 36.0 Å². The Balaban J connectivity index is 1.93. The molecule has 112 valence electrons. The molecule has 0 unspecified atom stereocenters. The van der Waals surface area contributed by atoms with Crippen molar-refractivity contribution in [1.82, 2.24) is 10.5 Å². The van der Waals surface area contributed by atoms with E-state index in [-0.39, 0.29) is 0 Å². The van der Waals surface area contributed by atoms with Crippen molar-refractivity contribution in [2.75, 3.05) is 20.3 Å². The van der Waals surface area contributed by atoms with Gasteiger partial charge in [0, 0.05) is 24.6 Å². The minimum atomic E-state index is -0.422. The summed E-state index contributed by atoms with van der Waals surface area (Å²) in [6.07, 6.45) is 0.153. The summed E-state index contributed by atoms with van der Waals surface area (Å²) in [5.74, 6) is 1.43. The summed E-state index contributed by atoms with van der Waals surface area (Å²) in [6, 6.07) is 9.40. The lowest BCUT2D eigenvalue weighted by Gasteiger charge is -2.02. The normalized spacial score (nSPS) is 10.2. The number of benzene rings is 1. The fourth-order valence-electron chi connectivity index (χ4n) is 1.82. The number of hydrogen-bond acceptors (Lipinski definition) is 5. The Bertz CT molecular complexity index is 595. The number of rotatable bonds is 6. The lowest BCUT2D eigenvalue weighted by molar-refractivity contribution is 0.152. The SMILES string of the molecule is CCOC(=O)NCCc1cc(-c2cccc(OC)c2)on1. The minimum absolute atomic E-state index is 0.357. The van der Waals surface area contributed by atoms with Crippen LogP contribution in [-0.2, 0) is 11.2 Å². The van der Waals surface area contributed by atoms with Gasteiger partial charge in [0.1, 0.15) is 5.75 Å². The van der Waals surface area contributed by atoms with Gasteiger partial charge in [-0.1, -0.05) is 17.3 Å². The molecule has 1 aromatic heterocycles. The van der Waals surface area contributed by atoms with E-state index in [1.165, 1.54) is 0 Å². The zero-order valence-electron chi connectivity index (χ0n) is 12.1. The van der Waals surface area contributed by atoms with Crippen LogP contribution in [0.2, 0.25) is 0 Å². The number of nitrogens with one attached hydrogen (secondary N) is 1. The first kappa shape index (κ1) is 14.9. The number of aromatic nitrogens is 1. The van der Waals surface area contributed by atoms with Crippen LogP contribution in [0.1, 0.15) is 12.6 Å². The maximum absolute atomic E-state index is 11.1. The molecule has 0 aliphatic rings. The molecule has 2 rings (SSSR count). The number of nitrogens with zero attached hydrogens (tertiary/aromatic N) is 1. The van der Waals surface area contributed by atoms with Gasteiger partial charge in [-0.3, -0.25) is 0 Å². The lowest BCUT2D eigenvalue weighted by Crippen LogP contribution is -2.26. The van der Waals surface area contributed by atoms with Gasteiger partial charge in [0.2, 0.25) is 0 Å². The molecular weight excluding hydrogens is 272 g/mol. The maximum Gasteiger partial charge on any atom is 0.407 e. The second-order valence-corrected chi connectivity index (χ2v) is 4.31. The molecule has 0 aliphatic heterocycles.